The number of nitro groups is 1. The van der Waals surface area contributed by atoms with E-state index in [1.165, 1.54) is 13.2 Å². The Kier molecular flexibility index (Phi) is 4.98. The number of nitro benzene ring substituents is 1. The van der Waals surface area contributed by atoms with E-state index in [1.807, 2.05) is 14.0 Å². The van der Waals surface area contributed by atoms with Gasteiger partial charge in [-0.3, -0.25) is 14.8 Å². The number of rotatable bonds is 5. The second kappa shape index (κ2) is 7.22. The van der Waals surface area contributed by atoms with Crippen LogP contribution in [0.2, 0.25) is 0 Å². The molecule has 3 rings (SSSR count). The summed E-state index contributed by atoms with van der Waals surface area (Å²) in [5, 5.41) is 19.5. The lowest BCUT2D eigenvalue weighted by molar-refractivity contribution is -0.385. The highest BCUT2D eigenvalue weighted by molar-refractivity contribution is 5.95. The Morgan fingerprint density at radius 3 is 2.74 bits per heavy atom. The molecule has 8 nitrogen and oxygen atoms in total. The smallest absolute Gasteiger partial charge is 0.336 e. The fourth-order valence-corrected chi connectivity index (χ4v) is 3.66. The van der Waals surface area contributed by atoms with Crippen LogP contribution in [0.4, 0.5) is 11.5 Å². The molecule has 0 saturated heterocycles. The number of methoxy groups -OCH3 is 1. The van der Waals surface area contributed by atoms with E-state index in [0.29, 0.717) is 23.3 Å². The summed E-state index contributed by atoms with van der Waals surface area (Å²) < 4.78 is 6.72. The van der Waals surface area contributed by atoms with Crippen molar-refractivity contribution in [2.24, 2.45) is 7.05 Å². The SMILES string of the molecule is CCCc1nn(C)c2c1C(c1ccccc1[N+](=O)[O-])C(C(=O)OC)=C(C)N2. The summed E-state index contributed by atoms with van der Waals surface area (Å²) in [7, 11) is 3.13. The summed E-state index contributed by atoms with van der Waals surface area (Å²) in [6, 6.07) is 6.51. The number of ether oxygens (including phenoxy) is 1. The molecule has 1 unspecified atom stereocenters. The molecule has 2 heterocycles. The number of nitrogens with one attached hydrogen (secondary N) is 1. The van der Waals surface area contributed by atoms with Crippen LogP contribution in [0.25, 0.3) is 0 Å². The largest absolute Gasteiger partial charge is 0.466 e. The van der Waals surface area contributed by atoms with Gasteiger partial charge in [-0.1, -0.05) is 31.5 Å². The number of allylic oxidation sites excluding steroid dienone is 1. The van der Waals surface area contributed by atoms with E-state index in [-0.39, 0.29) is 5.69 Å². The number of hydrogen-bond donors (Lipinski definition) is 1. The Hall–Kier alpha value is -3.16. The molecule has 0 saturated carbocycles. The molecule has 1 aromatic carbocycles. The summed E-state index contributed by atoms with van der Waals surface area (Å²) in [5.41, 5.74) is 3.00. The lowest BCUT2D eigenvalue weighted by Gasteiger charge is -2.28. The number of anilines is 1. The topological polar surface area (TPSA) is 99.3 Å². The zero-order valence-corrected chi connectivity index (χ0v) is 15.8. The van der Waals surface area contributed by atoms with Crippen molar-refractivity contribution in [3.8, 4) is 0 Å². The maximum absolute atomic E-state index is 12.6. The minimum atomic E-state index is -0.620. The van der Waals surface area contributed by atoms with Gasteiger partial charge in [-0.05, 0) is 13.3 Å². The molecule has 142 valence electrons. The first-order valence-electron chi connectivity index (χ1n) is 8.75. The maximum Gasteiger partial charge on any atom is 0.336 e. The van der Waals surface area contributed by atoms with Gasteiger partial charge in [-0.25, -0.2) is 4.79 Å². The first-order chi connectivity index (χ1) is 12.9. The Labute approximate surface area is 157 Å². The van der Waals surface area contributed by atoms with Crippen molar-refractivity contribution >= 4 is 17.5 Å². The lowest BCUT2D eigenvalue weighted by atomic mass is 9.80. The van der Waals surface area contributed by atoms with E-state index in [1.54, 1.807) is 29.8 Å². The van der Waals surface area contributed by atoms with Crippen molar-refractivity contribution in [1.29, 1.82) is 0 Å². The summed E-state index contributed by atoms with van der Waals surface area (Å²) in [5.74, 6) is -0.391. The number of carbonyl (C=O) groups excluding carboxylic acids is 1. The van der Waals surface area contributed by atoms with Crippen LogP contribution in [0.1, 0.15) is 43.0 Å². The quantitative estimate of drug-likeness (QED) is 0.492. The summed E-state index contributed by atoms with van der Waals surface area (Å²) in [4.78, 5) is 23.8. The third kappa shape index (κ3) is 3.07. The van der Waals surface area contributed by atoms with Crippen LogP contribution in [0, 0.1) is 10.1 Å². The van der Waals surface area contributed by atoms with Crippen LogP contribution < -0.4 is 5.32 Å². The predicted molar refractivity (Wildman–Crippen MR) is 100 cm³/mol. The number of hydrogen-bond acceptors (Lipinski definition) is 6. The van der Waals surface area contributed by atoms with Crippen molar-refractivity contribution in [3.05, 3.63) is 62.5 Å². The van der Waals surface area contributed by atoms with Gasteiger partial charge < -0.3 is 10.1 Å². The first kappa shape index (κ1) is 18.6. The molecule has 0 bridgehead atoms. The van der Waals surface area contributed by atoms with Gasteiger partial charge >= 0.3 is 5.97 Å². The molecule has 1 aliphatic rings. The molecule has 1 atom stereocenters. The van der Waals surface area contributed by atoms with Crippen LogP contribution in [0.15, 0.2) is 35.5 Å². The number of aromatic nitrogens is 2. The van der Waals surface area contributed by atoms with Crippen LogP contribution in [-0.2, 0) is 23.0 Å². The minimum Gasteiger partial charge on any atom is -0.466 e. The zero-order chi connectivity index (χ0) is 19.7. The van der Waals surface area contributed by atoms with E-state index < -0.39 is 16.8 Å². The van der Waals surface area contributed by atoms with Crippen molar-refractivity contribution in [1.82, 2.24) is 9.78 Å². The molecule has 1 N–H and O–H groups in total. The summed E-state index contributed by atoms with van der Waals surface area (Å²) in [6.45, 7) is 3.81. The van der Waals surface area contributed by atoms with E-state index >= 15 is 0 Å². The number of benzene rings is 1. The Morgan fingerprint density at radius 1 is 1.41 bits per heavy atom. The fraction of sp³-hybridized carbons (Fsp3) is 0.368. The molecule has 27 heavy (non-hydrogen) atoms. The van der Waals surface area contributed by atoms with E-state index in [0.717, 1.165) is 23.5 Å². The molecule has 0 aliphatic carbocycles. The second-order valence-electron chi connectivity index (χ2n) is 6.49. The second-order valence-corrected chi connectivity index (χ2v) is 6.49. The van der Waals surface area contributed by atoms with E-state index in [2.05, 4.69) is 10.4 Å². The van der Waals surface area contributed by atoms with E-state index in [9.17, 15) is 14.9 Å². The molecule has 0 radical (unpaired) electrons. The molecule has 0 amide bonds. The first-order valence-corrected chi connectivity index (χ1v) is 8.75. The van der Waals surface area contributed by atoms with E-state index in [4.69, 9.17) is 4.74 Å². The molecule has 0 fully saturated rings. The van der Waals surface area contributed by atoms with Gasteiger partial charge in [0.25, 0.3) is 5.69 Å². The zero-order valence-electron chi connectivity index (χ0n) is 15.8. The Balaban J connectivity index is 2.34. The third-order valence-corrected chi connectivity index (χ3v) is 4.78. The van der Waals surface area contributed by atoms with Gasteiger partial charge in [0.05, 0.1) is 29.2 Å². The fourth-order valence-electron chi connectivity index (χ4n) is 3.66. The van der Waals surface area contributed by atoms with Crippen LogP contribution >= 0.6 is 0 Å². The van der Waals surface area contributed by atoms with Crippen LogP contribution in [-0.4, -0.2) is 27.8 Å². The van der Waals surface area contributed by atoms with Gasteiger partial charge in [0.1, 0.15) is 5.82 Å². The predicted octanol–water partition coefficient (Wildman–Crippen LogP) is 3.29. The highest BCUT2D eigenvalue weighted by Crippen LogP contribution is 2.46. The highest BCUT2D eigenvalue weighted by Gasteiger charge is 2.39. The Bertz CT molecular complexity index is 945. The van der Waals surface area contributed by atoms with Gasteiger partial charge in [0.15, 0.2) is 0 Å². The van der Waals surface area contributed by atoms with Gasteiger partial charge in [-0.2, -0.15) is 5.10 Å². The summed E-state index contributed by atoms with van der Waals surface area (Å²) in [6.07, 6.45) is 1.57. The van der Waals surface area contributed by atoms with Gasteiger partial charge in [0.2, 0.25) is 0 Å². The average Bonchev–Trinajstić information content (AvgIpc) is 2.95. The van der Waals surface area contributed by atoms with Crippen LogP contribution in [0.5, 0.6) is 0 Å². The lowest BCUT2D eigenvalue weighted by Crippen LogP contribution is -2.25. The molecule has 0 spiro atoms. The molecule has 2 aromatic rings. The van der Waals surface area contributed by atoms with Gasteiger partial charge in [0, 0.05) is 29.9 Å². The number of fused-ring (bicyclic) bond motifs is 1. The summed E-state index contributed by atoms with van der Waals surface area (Å²) >= 11 is 0. The number of esters is 1. The molecular formula is C19H22N4O4. The van der Waals surface area contributed by atoms with Crippen molar-refractivity contribution in [2.75, 3.05) is 12.4 Å². The minimum absolute atomic E-state index is 0.0316. The molecule has 1 aliphatic heterocycles. The number of para-hydroxylation sites is 1. The van der Waals surface area contributed by atoms with Gasteiger partial charge in [-0.15, -0.1) is 0 Å². The monoisotopic (exact) mass is 370 g/mol. The molecule has 8 heteroatoms. The number of aryl methyl sites for hydroxylation is 2. The molecule has 1 aromatic heterocycles. The molecular weight excluding hydrogens is 348 g/mol. The average molecular weight is 370 g/mol. The van der Waals surface area contributed by atoms with Crippen molar-refractivity contribution in [3.63, 3.8) is 0 Å². The van der Waals surface area contributed by atoms with Crippen molar-refractivity contribution < 1.29 is 14.5 Å². The standard InChI is InChI=1S/C19H22N4O4/c1-5-8-13-17-16(12-9-6-7-10-14(12)23(25)26)15(19(24)27-4)11(2)20-18(17)22(3)21-13/h6-7,9-10,16,20H,5,8H2,1-4H3. The number of nitrogens with zero attached hydrogens (tertiary/aromatic N) is 3. The normalized spacial score (nSPS) is 15.9. The third-order valence-electron chi connectivity index (χ3n) is 4.78. The van der Waals surface area contributed by atoms with Crippen molar-refractivity contribution in [2.45, 2.75) is 32.6 Å². The maximum atomic E-state index is 12.6. The highest BCUT2D eigenvalue weighted by atomic mass is 16.6. The number of carbonyl (C=O) groups is 1. The Morgan fingerprint density at radius 2 is 2.11 bits per heavy atom. The van der Waals surface area contributed by atoms with Crippen LogP contribution in [0.3, 0.4) is 0 Å².